The summed E-state index contributed by atoms with van der Waals surface area (Å²) in [6.07, 6.45) is 4.40. The first-order chi connectivity index (χ1) is 15.1. The summed E-state index contributed by atoms with van der Waals surface area (Å²) in [6.45, 7) is -1.11. The molecule has 2 aromatic heterocycles. The second-order valence-corrected chi connectivity index (χ2v) is 11.0. The molecule has 1 aliphatic rings. The van der Waals surface area contributed by atoms with Gasteiger partial charge in [-0.2, -0.15) is 8.62 Å². The van der Waals surface area contributed by atoms with Gasteiger partial charge in [-0.05, 0) is 0 Å². The normalized spacial score (nSPS) is 27.2. The lowest BCUT2D eigenvalue weighted by Gasteiger charge is -2.27. The quantitative estimate of drug-likeness (QED) is 0.196. The van der Waals surface area contributed by atoms with Crippen molar-refractivity contribution in [1.82, 2.24) is 14.5 Å². The second kappa shape index (κ2) is 8.79. The average molecular weight is 532 g/mol. The fourth-order valence-electron chi connectivity index (χ4n) is 2.99. The van der Waals surface area contributed by atoms with Gasteiger partial charge in [0, 0.05) is 12.6 Å². The second-order valence-electron chi connectivity index (χ2n) is 6.56. The first-order valence-electron chi connectivity index (χ1n) is 8.46. The van der Waals surface area contributed by atoms with Gasteiger partial charge in [0.1, 0.15) is 31.1 Å². The van der Waals surface area contributed by atoms with Gasteiger partial charge in [0.05, 0.1) is 5.39 Å². The zero-order valence-electron chi connectivity index (χ0n) is 16.0. The maximum atomic E-state index is 14.3. The number of fused-ring (bicyclic) bond motifs is 1. The summed E-state index contributed by atoms with van der Waals surface area (Å²) in [5.74, 6) is 1.07. The van der Waals surface area contributed by atoms with Gasteiger partial charge in [-0.1, -0.05) is 5.92 Å². The highest BCUT2D eigenvalue weighted by molar-refractivity contribution is 7.66. The van der Waals surface area contributed by atoms with E-state index in [-0.39, 0.29) is 23.3 Å². The maximum absolute atomic E-state index is 14.3. The molecular formula is C13H16FN4O12P3. The molecule has 16 nitrogen and oxygen atoms in total. The molecule has 3 rings (SSSR count). The summed E-state index contributed by atoms with van der Waals surface area (Å²) in [5, 5.41) is 10.3. The Labute approximate surface area is 183 Å². The molecular weight excluding hydrogens is 516 g/mol. The van der Waals surface area contributed by atoms with Crippen LogP contribution in [0, 0.1) is 18.2 Å². The van der Waals surface area contributed by atoms with Gasteiger partial charge in [0.25, 0.3) is 0 Å². The van der Waals surface area contributed by atoms with Crippen molar-refractivity contribution in [3.8, 4) is 12.3 Å². The number of nitrogen functional groups attached to an aromatic ring is 1. The first kappa shape index (κ1) is 25.9. The summed E-state index contributed by atoms with van der Waals surface area (Å²) in [7, 11) is -16.9. The van der Waals surface area contributed by atoms with Gasteiger partial charge in [-0.15, -0.1) is 6.42 Å². The van der Waals surface area contributed by atoms with Crippen molar-refractivity contribution in [3.63, 3.8) is 0 Å². The van der Waals surface area contributed by atoms with Crippen LogP contribution < -0.4 is 5.73 Å². The van der Waals surface area contributed by atoms with E-state index < -0.39 is 53.8 Å². The Bertz CT molecular complexity index is 1260. The number of anilines is 1. The molecule has 2 unspecified atom stereocenters. The van der Waals surface area contributed by atoms with E-state index in [1.807, 2.05) is 5.92 Å². The monoisotopic (exact) mass is 532 g/mol. The highest BCUT2D eigenvalue weighted by Crippen LogP contribution is 2.66. The smallest absolute Gasteiger partial charge is 0.389 e. The van der Waals surface area contributed by atoms with E-state index in [0.29, 0.717) is 0 Å². The minimum Gasteiger partial charge on any atom is -0.389 e. The number of aliphatic hydroxyl groups is 1. The minimum atomic E-state index is -5.76. The van der Waals surface area contributed by atoms with Crippen LogP contribution >= 0.6 is 23.5 Å². The Hall–Kier alpha value is -1.76. The van der Waals surface area contributed by atoms with Crippen molar-refractivity contribution in [2.45, 2.75) is 24.4 Å². The number of rotatable bonds is 8. The molecule has 20 heteroatoms. The highest BCUT2D eigenvalue weighted by Gasteiger charge is 2.51. The highest BCUT2D eigenvalue weighted by atomic mass is 31.3. The van der Waals surface area contributed by atoms with Crippen LogP contribution in [0.2, 0.25) is 0 Å². The number of nitrogens with zero attached hydrogens (tertiary/aromatic N) is 3. The van der Waals surface area contributed by atoms with Crippen molar-refractivity contribution < 1.29 is 60.6 Å². The van der Waals surface area contributed by atoms with Crippen LogP contribution in [0.15, 0.2) is 12.5 Å². The third kappa shape index (κ3) is 5.67. The van der Waals surface area contributed by atoms with E-state index in [0.717, 1.165) is 17.1 Å². The summed E-state index contributed by atoms with van der Waals surface area (Å²) < 4.78 is 66.8. The number of ether oxygens (including phenoxy) is 1. The first-order valence-corrected chi connectivity index (χ1v) is 13.0. The van der Waals surface area contributed by atoms with Crippen LogP contribution in [0.25, 0.3) is 11.0 Å². The summed E-state index contributed by atoms with van der Waals surface area (Å²) in [4.78, 5) is 43.5. The molecule has 1 saturated heterocycles. The van der Waals surface area contributed by atoms with Crippen molar-refractivity contribution in [2.24, 2.45) is 0 Å². The molecule has 0 spiro atoms. The molecule has 1 aliphatic heterocycles. The fourth-order valence-corrected chi connectivity index (χ4v) is 6.04. The number of aromatic nitrogens is 3. The SMILES string of the molecule is C#C[C@]1(COP(=O)(O)OP(=O)(O)OP(=O)(O)O)O[C@@H](n2cc(F)c3c(N)ncnc32)C[C@@H]1O. The van der Waals surface area contributed by atoms with Gasteiger partial charge in [-0.25, -0.2) is 28.1 Å². The number of aliphatic hydroxyl groups excluding tert-OH is 1. The lowest BCUT2D eigenvalue weighted by molar-refractivity contribution is -0.0874. The van der Waals surface area contributed by atoms with Crippen molar-refractivity contribution >= 4 is 40.3 Å². The van der Waals surface area contributed by atoms with Crippen LogP contribution in [0.5, 0.6) is 0 Å². The van der Waals surface area contributed by atoms with Crippen LogP contribution in [0.4, 0.5) is 10.2 Å². The summed E-state index contributed by atoms with van der Waals surface area (Å²) in [6, 6.07) is 0. The topological polar surface area (TPSA) is 246 Å². The minimum absolute atomic E-state index is 0.00194. The number of nitrogens with two attached hydrogens (primary N) is 1. The summed E-state index contributed by atoms with van der Waals surface area (Å²) in [5.41, 5.74) is 3.50. The molecule has 33 heavy (non-hydrogen) atoms. The number of hydrogen-bond acceptors (Lipinski definition) is 11. The molecule has 0 aromatic carbocycles. The molecule has 0 saturated carbocycles. The number of phosphoric acid groups is 3. The van der Waals surface area contributed by atoms with Crippen LogP contribution in [-0.4, -0.2) is 57.5 Å². The van der Waals surface area contributed by atoms with E-state index in [4.69, 9.17) is 26.7 Å². The third-order valence-corrected chi connectivity index (χ3v) is 8.10. The van der Waals surface area contributed by atoms with Gasteiger partial charge < -0.3 is 39.7 Å². The Morgan fingerprint density at radius 3 is 2.55 bits per heavy atom. The largest absolute Gasteiger partial charge is 0.490 e. The fraction of sp³-hybridized carbons (Fsp3) is 0.385. The van der Waals surface area contributed by atoms with Gasteiger partial charge in [-0.3, -0.25) is 4.52 Å². The molecule has 0 radical (unpaired) electrons. The van der Waals surface area contributed by atoms with Crippen LogP contribution in [0.1, 0.15) is 12.6 Å². The molecule has 0 amide bonds. The lowest BCUT2D eigenvalue weighted by atomic mass is 9.99. The average Bonchev–Trinajstić information content (AvgIpc) is 3.15. The molecule has 5 atom stereocenters. The molecule has 0 aliphatic carbocycles. The number of terminal acetylenes is 1. The Morgan fingerprint density at radius 1 is 1.27 bits per heavy atom. The molecule has 2 aromatic rings. The van der Waals surface area contributed by atoms with E-state index in [1.165, 1.54) is 0 Å². The predicted molar refractivity (Wildman–Crippen MR) is 104 cm³/mol. The van der Waals surface area contributed by atoms with E-state index in [1.54, 1.807) is 0 Å². The van der Waals surface area contributed by atoms with Crippen LogP contribution in [-0.2, 0) is 31.6 Å². The van der Waals surface area contributed by atoms with Gasteiger partial charge >= 0.3 is 23.5 Å². The van der Waals surface area contributed by atoms with Crippen LogP contribution in [0.3, 0.4) is 0 Å². The Balaban J connectivity index is 1.79. The molecule has 182 valence electrons. The van der Waals surface area contributed by atoms with Gasteiger partial charge in [0.15, 0.2) is 17.1 Å². The Morgan fingerprint density at radius 2 is 1.94 bits per heavy atom. The number of hydrogen-bond donors (Lipinski definition) is 6. The standard InChI is InChI=1S/C13H16FN4O12P3/c1-2-13(5-27-32(23,24)30-33(25,26)29-31(20,21)22)8(19)3-9(28-13)18-4-7(14)10-11(15)16-6-17-12(10)18/h1,4,6,8-9,19H,3,5H2,(H,23,24)(H,25,26)(H2,15,16,17)(H2,20,21,22)/t8-,9+,13+/m0/s1. The molecule has 1 fully saturated rings. The predicted octanol–water partition coefficient (Wildman–Crippen LogP) is 0.148. The van der Waals surface area contributed by atoms with Crippen molar-refractivity contribution in [2.75, 3.05) is 12.3 Å². The lowest BCUT2D eigenvalue weighted by Crippen LogP contribution is -2.42. The van der Waals surface area contributed by atoms with Gasteiger partial charge in [0.2, 0.25) is 0 Å². The zero-order valence-corrected chi connectivity index (χ0v) is 18.7. The van der Waals surface area contributed by atoms with E-state index in [2.05, 4.69) is 23.1 Å². The molecule has 0 bridgehead atoms. The zero-order chi connectivity index (χ0) is 24.8. The molecule has 3 heterocycles. The van der Waals surface area contributed by atoms with E-state index in [9.17, 15) is 33.0 Å². The summed E-state index contributed by atoms with van der Waals surface area (Å²) >= 11 is 0. The van der Waals surface area contributed by atoms with Crippen molar-refractivity contribution in [1.29, 1.82) is 0 Å². The number of halogens is 1. The maximum Gasteiger partial charge on any atom is 0.490 e. The van der Waals surface area contributed by atoms with Crippen molar-refractivity contribution in [3.05, 3.63) is 18.3 Å². The Kier molecular flexibility index (Phi) is 6.89. The van der Waals surface area contributed by atoms with E-state index >= 15 is 0 Å². The number of phosphoric ester groups is 1. The molecule has 7 N–H and O–H groups in total. The third-order valence-electron chi connectivity index (χ3n) is 4.31.